The number of carbonyl (C=O) groups is 1. The second-order valence-electron chi connectivity index (χ2n) is 7.37. The van der Waals surface area contributed by atoms with E-state index in [1.165, 1.54) is 17.6 Å². The van der Waals surface area contributed by atoms with Gasteiger partial charge >= 0.3 is 0 Å². The van der Waals surface area contributed by atoms with Gasteiger partial charge in [0.25, 0.3) is 5.91 Å². The number of methoxy groups -OCH3 is 1. The van der Waals surface area contributed by atoms with Crippen molar-refractivity contribution >= 4 is 28.2 Å². The minimum atomic E-state index is -0.357. The number of anilines is 2. The number of benzene rings is 1. The molecule has 0 fully saturated rings. The van der Waals surface area contributed by atoms with Gasteiger partial charge in [-0.3, -0.25) is 4.79 Å². The van der Waals surface area contributed by atoms with Crippen LogP contribution in [0.15, 0.2) is 59.2 Å². The van der Waals surface area contributed by atoms with Crippen LogP contribution in [0.1, 0.15) is 44.0 Å². The summed E-state index contributed by atoms with van der Waals surface area (Å²) in [6.07, 6.45) is 1.48. The molecule has 1 atom stereocenters. The van der Waals surface area contributed by atoms with Crippen molar-refractivity contribution in [1.82, 2.24) is 9.97 Å². The maximum Gasteiger partial charge on any atom is 0.291 e. The SMILES string of the molecule is COc1ccccc1C(Nc1nc(C)cc(C)n1)c1cc(C)sc1NC(=O)c1ccco1. The summed E-state index contributed by atoms with van der Waals surface area (Å²) in [7, 11) is 1.64. The monoisotopic (exact) mass is 448 g/mol. The van der Waals surface area contributed by atoms with E-state index in [0.717, 1.165) is 38.1 Å². The first-order valence-corrected chi connectivity index (χ1v) is 10.9. The lowest BCUT2D eigenvalue weighted by Gasteiger charge is -2.22. The zero-order valence-corrected chi connectivity index (χ0v) is 19.1. The standard InChI is InChI=1S/C24H24N4O3S/c1-14-12-15(2)26-24(25-14)27-21(17-8-5-6-9-19(17)30-4)18-13-16(3)32-23(18)28-22(29)20-10-7-11-31-20/h5-13,21H,1-4H3,(H,28,29)(H,25,26,27). The van der Waals surface area contributed by atoms with Gasteiger partial charge in [0.2, 0.25) is 5.95 Å². The summed E-state index contributed by atoms with van der Waals surface area (Å²) >= 11 is 1.50. The van der Waals surface area contributed by atoms with E-state index in [2.05, 4.69) is 26.7 Å². The van der Waals surface area contributed by atoms with Crippen LogP contribution >= 0.6 is 11.3 Å². The van der Waals surface area contributed by atoms with Crippen molar-refractivity contribution < 1.29 is 13.9 Å². The molecule has 1 aromatic carbocycles. The Hall–Kier alpha value is -3.65. The second-order valence-corrected chi connectivity index (χ2v) is 8.62. The van der Waals surface area contributed by atoms with Gasteiger partial charge in [-0.15, -0.1) is 11.3 Å². The van der Waals surface area contributed by atoms with Crippen molar-refractivity contribution in [2.75, 3.05) is 17.7 Å². The molecule has 1 unspecified atom stereocenters. The van der Waals surface area contributed by atoms with Gasteiger partial charge in [-0.1, -0.05) is 18.2 Å². The Labute approximate surface area is 190 Å². The smallest absolute Gasteiger partial charge is 0.291 e. The molecule has 32 heavy (non-hydrogen) atoms. The number of aromatic nitrogens is 2. The molecule has 2 N–H and O–H groups in total. The predicted octanol–water partition coefficient (Wildman–Crippen LogP) is 5.52. The topological polar surface area (TPSA) is 89.3 Å². The number of hydrogen-bond acceptors (Lipinski definition) is 7. The van der Waals surface area contributed by atoms with Crippen LogP contribution in [-0.2, 0) is 0 Å². The molecule has 164 valence electrons. The van der Waals surface area contributed by atoms with Gasteiger partial charge in [-0.2, -0.15) is 0 Å². The number of furan rings is 1. The van der Waals surface area contributed by atoms with Crippen LogP contribution in [0.25, 0.3) is 0 Å². The number of thiophene rings is 1. The van der Waals surface area contributed by atoms with Crippen molar-refractivity contribution in [3.8, 4) is 5.75 Å². The van der Waals surface area contributed by atoms with E-state index >= 15 is 0 Å². The van der Waals surface area contributed by atoms with E-state index in [4.69, 9.17) is 9.15 Å². The first-order valence-electron chi connectivity index (χ1n) is 10.1. The lowest BCUT2D eigenvalue weighted by atomic mass is 9.99. The molecule has 3 aromatic heterocycles. The predicted molar refractivity (Wildman–Crippen MR) is 126 cm³/mol. The van der Waals surface area contributed by atoms with E-state index < -0.39 is 0 Å². The van der Waals surface area contributed by atoms with Crippen LogP contribution in [0.3, 0.4) is 0 Å². The molecular formula is C24H24N4O3S. The van der Waals surface area contributed by atoms with E-state index in [-0.39, 0.29) is 17.7 Å². The van der Waals surface area contributed by atoms with Crippen LogP contribution in [0.5, 0.6) is 5.75 Å². The van der Waals surface area contributed by atoms with Crippen molar-refractivity contribution in [2.24, 2.45) is 0 Å². The molecule has 0 radical (unpaired) electrons. The molecular weight excluding hydrogens is 424 g/mol. The van der Waals surface area contributed by atoms with Gasteiger partial charge in [-0.05, 0) is 51.1 Å². The number of para-hydroxylation sites is 1. The molecule has 4 aromatic rings. The molecule has 0 saturated heterocycles. The zero-order chi connectivity index (χ0) is 22.7. The molecule has 0 spiro atoms. The number of aryl methyl sites for hydroxylation is 3. The Morgan fingerprint density at radius 2 is 1.78 bits per heavy atom. The molecule has 7 nitrogen and oxygen atoms in total. The summed E-state index contributed by atoms with van der Waals surface area (Å²) in [5.74, 6) is 1.17. The number of rotatable bonds is 7. The van der Waals surface area contributed by atoms with Gasteiger partial charge in [0.15, 0.2) is 5.76 Å². The fourth-order valence-corrected chi connectivity index (χ4v) is 4.51. The van der Waals surface area contributed by atoms with Crippen molar-refractivity contribution in [1.29, 1.82) is 0 Å². The summed E-state index contributed by atoms with van der Waals surface area (Å²) in [5, 5.41) is 7.17. The minimum absolute atomic E-state index is 0.251. The third-order valence-electron chi connectivity index (χ3n) is 4.87. The quantitative estimate of drug-likeness (QED) is 0.387. The first-order chi connectivity index (χ1) is 15.4. The van der Waals surface area contributed by atoms with E-state index in [1.54, 1.807) is 19.2 Å². The van der Waals surface area contributed by atoms with Crippen LogP contribution in [-0.4, -0.2) is 23.0 Å². The van der Waals surface area contributed by atoms with Gasteiger partial charge in [0.1, 0.15) is 10.8 Å². The van der Waals surface area contributed by atoms with Gasteiger partial charge in [-0.25, -0.2) is 9.97 Å². The van der Waals surface area contributed by atoms with Crippen molar-refractivity contribution in [3.63, 3.8) is 0 Å². The number of nitrogens with one attached hydrogen (secondary N) is 2. The normalized spacial score (nSPS) is 11.8. The molecule has 0 saturated carbocycles. The fraction of sp³-hybridized carbons (Fsp3) is 0.208. The Kier molecular flexibility index (Phi) is 6.23. The maximum atomic E-state index is 12.7. The van der Waals surface area contributed by atoms with Gasteiger partial charge in [0, 0.05) is 27.4 Å². The highest BCUT2D eigenvalue weighted by Gasteiger charge is 2.25. The highest BCUT2D eigenvalue weighted by Crippen LogP contribution is 2.40. The molecule has 8 heteroatoms. The first kappa shape index (κ1) is 21.6. The van der Waals surface area contributed by atoms with Crippen LogP contribution < -0.4 is 15.4 Å². The Morgan fingerprint density at radius 3 is 2.47 bits per heavy atom. The van der Waals surface area contributed by atoms with Crippen LogP contribution in [0.4, 0.5) is 10.9 Å². The zero-order valence-electron chi connectivity index (χ0n) is 18.3. The van der Waals surface area contributed by atoms with Crippen molar-refractivity contribution in [2.45, 2.75) is 26.8 Å². The molecule has 0 aliphatic heterocycles. The summed E-state index contributed by atoms with van der Waals surface area (Å²) < 4.78 is 10.9. The third-order valence-corrected chi connectivity index (χ3v) is 5.85. The second kappa shape index (κ2) is 9.23. The average Bonchev–Trinajstić information content (AvgIpc) is 3.41. The van der Waals surface area contributed by atoms with Gasteiger partial charge < -0.3 is 19.8 Å². The summed E-state index contributed by atoms with van der Waals surface area (Å²) in [6.45, 7) is 5.87. The summed E-state index contributed by atoms with van der Waals surface area (Å²) in [5.41, 5.74) is 3.53. The molecule has 4 rings (SSSR count). The van der Waals surface area contributed by atoms with E-state index in [0.29, 0.717) is 5.95 Å². The number of nitrogens with zero attached hydrogens (tertiary/aromatic N) is 2. The molecule has 0 aliphatic rings. The molecule has 3 heterocycles. The average molecular weight is 449 g/mol. The van der Waals surface area contributed by atoms with E-state index in [1.807, 2.05) is 51.1 Å². The minimum Gasteiger partial charge on any atom is -0.496 e. The van der Waals surface area contributed by atoms with Crippen LogP contribution in [0, 0.1) is 20.8 Å². The molecule has 0 bridgehead atoms. The van der Waals surface area contributed by atoms with Crippen molar-refractivity contribution in [3.05, 3.63) is 87.9 Å². The molecule has 1 amide bonds. The Bertz CT molecular complexity index is 1210. The van der Waals surface area contributed by atoms with E-state index in [9.17, 15) is 4.79 Å². The lowest BCUT2D eigenvalue weighted by Crippen LogP contribution is -2.18. The molecule has 0 aliphatic carbocycles. The highest BCUT2D eigenvalue weighted by atomic mass is 32.1. The Balaban J connectivity index is 1.79. The van der Waals surface area contributed by atoms with Crippen LogP contribution in [0.2, 0.25) is 0 Å². The number of amides is 1. The number of ether oxygens (including phenoxy) is 1. The maximum absolute atomic E-state index is 12.7. The largest absolute Gasteiger partial charge is 0.496 e. The Morgan fingerprint density at radius 1 is 1.03 bits per heavy atom. The van der Waals surface area contributed by atoms with Gasteiger partial charge in [0.05, 0.1) is 19.4 Å². The lowest BCUT2D eigenvalue weighted by molar-refractivity contribution is 0.0997. The summed E-state index contributed by atoms with van der Waals surface area (Å²) in [4.78, 5) is 22.9. The third kappa shape index (κ3) is 4.65. The summed E-state index contributed by atoms with van der Waals surface area (Å²) in [6, 6.07) is 14.7. The highest BCUT2D eigenvalue weighted by molar-refractivity contribution is 7.16. The number of carbonyl (C=O) groups excluding carboxylic acids is 1. The number of hydrogen-bond donors (Lipinski definition) is 2. The fourth-order valence-electron chi connectivity index (χ4n) is 3.57.